The topological polar surface area (TPSA) is 75.2 Å². The summed E-state index contributed by atoms with van der Waals surface area (Å²) in [6.07, 6.45) is 4.24. The maximum absolute atomic E-state index is 13.3. The number of ether oxygens (including phenoxy) is 2. The number of rotatable bonds is 6. The summed E-state index contributed by atoms with van der Waals surface area (Å²) in [4.78, 5) is 0. The number of benzene rings is 1. The van der Waals surface area contributed by atoms with Crippen LogP contribution in [0.15, 0.2) is 18.2 Å². The van der Waals surface area contributed by atoms with Crippen LogP contribution in [-0.2, 0) is 6.61 Å². The second-order valence-corrected chi connectivity index (χ2v) is 6.59. The third-order valence-electron chi connectivity index (χ3n) is 4.73. The van der Waals surface area contributed by atoms with E-state index in [1.54, 1.807) is 6.07 Å². The summed E-state index contributed by atoms with van der Waals surface area (Å²) in [6, 6.07) is 4.98. The summed E-state index contributed by atoms with van der Waals surface area (Å²) in [5.41, 5.74) is 5.91. The van der Waals surface area contributed by atoms with Crippen LogP contribution in [0.25, 0.3) is 0 Å². The van der Waals surface area contributed by atoms with Crippen LogP contribution >= 0.6 is 0 Å². The van der Waals surface area contributed by atoms with Gasteiger partial charge in [-0.25, -0.2) is 4.39 Å². The molecule has 0 atom stereocenters. The van der Waals surface area contributed by atoms with Crippen molar-refractivity contribution in [2.75, 3.05) is 7.11 Å². The normalized spacial score (nSPS) is 23.0. The van der Waals surface area contributed by atoms with Crippen molar-refractivity contribution in [2.45, 2.75) is 50.3 Å². The van der Waals surface area contributed by atoms with Crippen molar-refractivity contribution in [3.8, 4) is 11.5 Å². The van der Waals surface area contributed by atoms with Gasteiger partial charge < -0.3 is 19.8 Å². The highest BCUT2D eigenvalue weighted by molar-refractivity contribution is 5.40. The lowest BCUT2D eigenvalue weighted by atomic mass is 9.80. The molecular weight excluding hydrogens is 311 g/mol. The van der Waals surface area contributed by atoms with Crippen molar-refractivity contribution >= 4 is 0 Å². The predicted molar refractivity (Wildman–Crippen MR) is 85.5 cm³/mol. The summed E-state index contributed by atoms with van der Waals surface area (Å²) in [7, 11) is 1.49. The monoisotopic (exact) mass is 332 g/mol. The lowest BCUT2D eigenvalue weighted by Gasteiger charge is -2.31. The predicted octanol–water partition coefficient (Wildman–Crippen LogP) is 2.54. The van der Waals surface area contributed by atoms with Gasteiger partial charge in [-0.2, -0.15) is 0 Å². The van der Waals surface area contributed by atoms with Crippen LogP contribution in [-0.4, -0.2) is 27.9 Å². The van der Waals surface area contributed by atoms with Crippen LogP contribution < -0.4 is 15.2 Å². The molecule has 2 saturated carbocycles. The Morgan fingerprint density at radius 2 is 2.04 bits per heavy atom. The number of hydrogen-bond acceptors (Lipinski definition) is 5. The molecule has 0 aliphatic heterocycles. The van der Waals surface area contributed by atoms with Gasteiger partial charge in [0, 0.05) is 24.1 Å². The first-order chi connectivity index (χ1) is 11.7. The Balaban J connectivity index is 1.53. The van der Waals surface area contributed by atoms with Gasteiger partial charge >= 0.3 is 0 Å². The first-order valence-corrected chi connectivity index (χ1v) is 8.31. The van der Waals surface area contributed by atoms with Gasteiger partial charge in [-0.1, -0.05) is 0 Å². The molecule has 0 spiro atoms. The van der Waals surface area contributed by atoms with Crippen molar-refractivity contribution in [1.29, 1.82) is 0 Å². The first kappa shape index (κ1) is 15.4. The lowest BCUT2D eigenvalue weighted by Crippen LogP contribution is -2.36. The molecule has 1 aromatic carbocycles. The molecule has 0 radical (unpaired) electrons. The molecule has 24 heavy (non-hydrogen) atoms. The van der Waals surface area contributed by atoms with E-state index in [0.29, 0.717) is 23.5 Å². The third kappa shape index (κ3) is 2.84. The van der Waals surface area contributed by atoms with Crippen molar-refractivity contribution in [3.05, 3.63) is 35.7 Å². The molecule has 0 unspecified atom stereocenters. The average molecular weight is 332 g/mol. The maximum atomic E-state index is 13.3. The second kappa shape index (κ2) is 6.05. The van der Waals surface area contributed by atoms with E-state index in [-0.39, 0.29) is 18.5 Å². The minimum Gasteiger partial charge on any atom is -0.493 e. The van der Waals surface area contributed by atoms with Crippen molar-refractivity contribution in [1.82, 2.24) is 14.8 Å². The zero-order valence-electron chi connectivity index (χ0n) is 13.6. The molecular formula is C17H21FN4O2. The molecule has 0 bridgehead atoms. The molecule has 128 valence electrons. The highest BCUT2D eigenvalue weighted by Gasteiger charge is 2.37. The smallest absolute Gasteiger partial charge is 0.171 e. The van der Waals surface area contributed by atoms with Gasteiger partial charge in [0.05, 0.1) is 7.11 Å². The van der Waals surface area contributed by atoms with Gasteiger partial charge in [-0.15, -0.1) is 10.2 Å². The first-order valence-electron chi connectivity index (χ1n) is 8.31. The fourth-order valence-corrected chi connectivity index (χ4v) is 3.22. The van der Waals surface area contributed by atoms with Crippen LogP contribution in [0.3, 0.4) is 0 Å². The maximum Gasteiger partial charge on any atom is 0.171 e. The number of aromatic nitrogens is 3. The Morgan fingerprint density at radius 1 is 1.25 bits per heavy atom. The van der Waals surface area contributed by atoms with Crippen LogP contribution in [0, 0.1) is 5.82 Å². The standard InChI is InChI=1S/C17H21FN4O2/c1-23-15-8-11(18)2-5-14(15)24-9-16-20-21-17(10-6-12(19)7-10)22(16)13-3-4-13/h2,5,8,10,12-13H,3-4,6-7,9,19H2,1H3. The van der Waals surface area contributed by atoms with E-state index in [0.717, 1.165) is 37.3 Å². The van der Waals surface area contributed by atoms with Gasteiger partial charge in [-0.05, 0) is 37.8 Å². The minimum absolute atomic E-state index is 0.280. The Kier molecular flexibility index (Phi) is 3.88. The number of hydrogen-bond donors (Lipinski definition) is 1. The van der Waals surface area contributed by atoms with Gasteiger partial charge in [-0.3, -0.25) is 0 Å². The number of halogens is 1. The van der Waals surface area contributed by atoms with E-state index in [1.165, 1.54) is 19.2 Å². The molecule has 7 heteroatoms. The summed E-state index contributed by atoms with van der Waals surface area (Å²) in [5, 5.41) is 8.71. The molecule has 2 aromatic rings. The average Bonchev–Trinajstić information content (AvgIpc) is 3.30. The van der Waals surface area contributed by atoms with Crippen molar-refractivity contribution in [3.63, 3.8) is 0 Å². The van der Waals surface area contributed by atoms with Gasteiger partial charge in [0.2, 0.25) is 0 Å². The van der Waals surface area contributed by atoms with Crippen molar-refractivity contribution in [2.24, 2.45) is 5.73 Å². The Bertz CT molecular complexity index is 738. The van der Waals surface area contributed by atoms with Gasteiger partial charge in [0.25, 0.3) is 0 Å². The Morgan fingerprint density at radius 3 is 2.71 bits per heavy atom. The SMILES string of the molecule is COc1cc(F)ccc1OCc1nnc(C2CC(N)C2)n1C1CC1. The molecule has 2 fully saturated rings. The summed E-state index contributed by atoms with van der Waals surface area (Å²) < 4.78 is 26.5. The van der Waals surface area contributed by atoms with E-state index in [9.17, 15) is 4.39 Å². The van der Waals surface area contributed by atoms with Gasteiger partial charge in [0.1, 0.15) is 18.2 Å². The molecule has 6 nitrogen and oxygen atoms in total. The van der Waals surface area contributed by atoms with Crippen LogP contribution in [0.5, 0.6) is 11.5 Å². The van der Waals surface area contributed by atoms with Crippen LogP contribution in [0.2, 0.25) is 0 Å². The quantitative estimate of drug-likeness (QED) is 0.880. The number of nitrogens with zero attached hydrogens (tertiary/aromatic N) is 3. The largest absolute Gasteiger partial charge is 0.493 e. The molecule has 0 saturated heterocycles. The molecule has 1 heterocycles. The zero-order chi connectivity index (χ0) is 16.7. The highest BCUT2D eigenvalue weighted by Crippen LogP contribution is 2.42. The highest BCUT2D eigenvalue weighted by atomic mass is 19.1. The number of nitrogens with two attached hydrogens (primary N) is 1. The molecule has 2 N–H and O–H groups in total. The van der Waals surface area contributed by atoms with E-state index >= 15 is 0 Å². The second-order valence-electron chi connectivity index (χ2n) is 6.59. The molecule has 1 aromatic heterocycles. The van der Waals surface area contributed by atoms with E-state index in [2.05, 4.69) is 14.8 Å². The van der Waals surface area contributed by atoms with Gasteiger partial charge in [0.15, 0.2) is 17.3 Å². The van der Waals surface area contributed by atoms with Crippen LogP contribution in [0.1, 0.15) is 49.3 Å². The van der Waals surface area contributed by atoms with E-state index in [4.69, 9.17) is 15.2 Å². The molecule has 4 rings (SSSR count). The Hall–Kier alpha value is -2.15. The zero-order valence-corrected chi connectivity index (χ0v) is 13.6. The lowest BCUT2D eigenvalue weighted by molar-refractivity contribution is 0.267. The molecule has 2 aliphatic carbocycles. The number of methoxy groups -OCH3 is 1. The summed E-state index contributed by atoms with van der Waals surface area (Å²) in [5.74, 6) is 2.75. The van der Waals surface area contributed by atoms with Crippen LogP contribution in [0.4, 0.5) is 4.39 Å². The summed E-state index contributed by atoms with van der Waals surface area (Å²) in [6.45, 7) is 0.282. The third-order valence-corrected chi connectivity index (χ3v) is 4.73. The molecule has 0 amide bonds. The summed E-state index contributed by atoms with van der Waals surface area (Å²) >= 11 is 0. The van der Waals surface area contributed by atoms with E-state index in [1.807, 2.05) is 0 Å². The minimum atomic E-state index is -0.357. The fourth-order valence-electron chi connectivity index (χ4n) is 3.22. The van der Waals surface area contributed by atoms with Crippen molar-refractivity contribution < 1.29 is 13.9 Å². The Labute approximate surface area is 139 Å². The molecule has 2 aliphatic rings. The van der Waals surface area contributed by atoms with E-state index < -0.39 is 0 Å². The fraction of sp³-hybridized carbons (Fsp3) is 0.529.